The van der Waals surface area contributed by atoms with E-state index in [1.165, 1.54) is 0 Å². The number of rotatable bonds is 4. The smallest absolute Gasteiger partial charge is 0.338 e. The van der Waals surface area contributed by atoms with Gasteiger partial charge in [-0.15, -0.1) is 0 Å². The van der Waals surface area contributed by atoms with Crippen molar-refractivity contribution >= 4 is 5.97 Å². The summed E-state index contributed by atoms with van der Waals surface area (Å²) in [5.74, 6) is -0.280. The van der Waals surface area contributed by atoms with Gasteiger partial charge in [0.2, 0.25) is 0 Å². The van der Waals surface area contributed by atoms with E-state index in [0.29, 0.717) is 12.2 Å². The molecule has 2 rings (SSSR count). The normalized spacial score (nSPS) is 23.0. The number of carbonyl (C=O) groups is 1. The lowest BCUT2D eigenvalue weighted by Gasteiger charge is -2.12. The van der Waals surface area contributed by atoms with Crippen LogP contribution in [-0.2, 0) is 15.9 Å². The number of carbonyl (C=O) groups excluding carboxylic acids is 1. The van der Waals surface area contributed by atoms with Crippen LogP contribution in [0.2, 0.25) is 0 Å². The highest BCUT2D eigenvalue weighted by molar-refractivity contribution is 5.90. The van der Waals surface area contributed by atoms with Crippen LogP contribution in [0.25, 0.3) is 0 Å². The molecule has 0 bridgehead atoms. The van der Waals surface area contributed by atoms with Crippen molar-refractivity contribution in [2.45, 2.75) is 45.3 Å². The van der Waals surface area contributed by atoms with Crippen molar-refractivity contribution in [3.63, 3.8) is 0 Å². The second kappa shape index (κ2) is 5.96. The van der Waals surface area contributed by atoms with E-state index in [1.807, 2.05) is 13.8 Å². The Morgan fingerprint density at radius 1 is 1.56 bits per heavy atom. The summed E-state index contributed by atoms with van der Waals surface area (Å²) in [5, 5.41) is 0. The molecule has 0 saturated carbocycles. The van der Waals surface area contributed by atoms with Crippen LogP contribution in [0.15, 0.2) is 18.5 Å². The van der Waals surface area contributed by atoms with Crippen molar-refractivity contribution in [1.82, 2.24) is 4.98 Å². The number of ether oxygens (including phenoxy) is 2. The second-order valence-corrected chi connectivity index (χ2v) is 4.63. The summed E-state index contributed by atoms with van der Waals surface area (Å²) < 4.78 is 10.9. The first-order valence-electron chi connectivity index (χ1n) is 6.46. The molecule has 0 unspecified atom stereocenters. The molecule has 18 heavy (non-hydrogen) atoms. The average molecular weight is 249 g/mol. The van der Waals surface area contributed by atoms with Crippen molar-refractivity contribution in [3.05, 3.63) is 29.6 Å². The zero-order chi connectivity index (χ0) is 13.0. The Balaban J connectivity index is 1.91. The van der Waals surface area contributed by atoms with Gasteiger partial charge in [0, 0.05) is 12.4 Å². The molecule has 0 spiro atoms. The summed E-state index contributed by atoms with van der Waals surface area (Å²) in [4.78, 5) is 16.0. The third-order valence-electron chi connectivity index (χ3n) is 3.22. The molecule has 1 aliphatic rings. The average Bonchev–Trinajstić information content (AvgIpc) is 2.81. The molecule has 2 atom stereocenters. The van der Waals surface area contributed by atoms with Gasteiger partial charge in [0.15, 0.2) is 0 Å². The van der Waals surface area contributed by atoms with Gasteiger partial charge in [-0.25, -0.2) is 4.79 Å². The summed E-state index contributed by atoms with van der Waals surface area (Å²) in [7, 11) is 0. The molecule has 4 heteroatoms. The molecule has 0 amide bonds. The van der Waals surface area contributed by atoms with Crippen molar-refractivity contribution in [3.8, 4) is 0 Å². The van der Waals surface area contributed by atoms with Crippen LogP contribution < -0.4 is 0 Å². The number of hydrogen-bond donors (Lipinski definition) is 0. The van der Waals surface area contributed by atoms with Crippen LogP contribution in [0.4, 0.5) is 0 Å². The molecule has 1 aromatic rings. The predicted molar refractivity (Wildman–Crippen MR) is 67.5 cm³/mol. The van der Waals surface area contributed by atoms with Gasteiger partial charge < -0.3 is 9.47 Å². The van der Waals surface area contributed by atoms with Gasteiger partial charge in [0.1, 0.15) is 6.61 Å². The Morgan fingerprint density at radius 2 is 2.39 bits per heavy atom. The highest BCUT2D eigenvalue weighted by atomic mass is 16.6. The van der Waals surface area contributed by atoms with E-state index >= 15 is 0 Å². The second-order valence-electron chi connectivity index (χ2n) is 4.63. The zero-order valence-corrected chi connectivity index (χ0v) is 10.9. The number of hydrogen-bond acceptors (Lipinski definition) is 4. The highest BCUT2D eigenvalue weighted by Gasteiger charge is 2.23. The van der Waals surface area contributed by atoms with Crippen LogP contribution in [0.5, 0.6) is 0 Å². The molecular weight excluding hydrogens is 230 g/mol. The molecule has 0 aromatic carbocycles. The van der Waals surface area contributed by atoms with Crippen LogP contribution in [0.1, 0.15) is 42.6 Å². The Labute approximate surface area is 107 Å². The molecule has 1 aliphatic heterocycles. The number of aryl methyl sites for hydroxylation is 1. The molecule has 1 fully saturated rings. The van der Waals surface area contributed by atoms with E-state index in [9.17, 15) is 4.79 Å². The van der Waals surface area contributed by atoms with Gasteiger partial charge in [0.05, 0.1) is 17.8 Å². The molecule has 4 nitrogen and oxygen atoms in total. The molecule has 0 aliphatic carbocycles. The Bertz CT molecular complexity index is 419. The predicted octanol–water partition coefficient (Wildman–Crippen LogP) is 2.37. The standard InChI is InChI=1S/C14H19NO3/c1-3-11-8-15-7-6-13(11)14(16)17-9-12-5-4-10(2)18-12/h6-8,10,12H,3-5,9H2,1-2H3/t10-,12+/m1/s1. The fourth-order valence-electron chi connectivity index (χ4n) is 2.16. The van der Waals surface area contributed by atoms with E-state index < -0.39 is 0 Å². The van der Waals surface area contributed by atoms with E-state index in [1.54, 1.807) is 18.5 Å². The number of nitrogens with zero attached hydrogens (tertiary/aromatic N) is 1. The minimum atomic E-state index is -0.280. The largest absolute Gasteiger partial charge is 0.459 e. The maximum atomic E-state index is 12.0. The molecular formula is C14H19NO3. The van der Waals surface area contributed by atoms with Crippen molar-refractivity contribution in [2.24, 2.45) is 0 Å². The lowest BCUT2D eigenvalue weighted by atomic mass is 10.1. The first-order chi connectivity index (χ1) is 8.70. The molecule has 98 valence electrons. The quantitative estimate of drug-likeness (QED) is 0.769. The SMILES string of the molecule is CCc1cnccc1C(=O)OC[C@@H]1CC[C@@H](C)O1. The summed E-state index contributed by atoms with van der Waals surface area (Å²) >= 11 is 0. The lowest BCUT2D eigenvalue weighted by Crippen LogP contribution is -2.19. The third-order valence-corrected chi connectivity index (χ3v) is 3.22. The lowest BCUT2D eigenvalue weighted by molar-refractivity contribution is -0.00272. The highest BCUT2D eigenvalue weighted by Crippen LogP contribution is 2.19. The minimum absolute atomic E-state index is 0.0517. The first-order valence-corrected chi connectivity index (χ1v) is 6.46. The fourth-order valence-corrected chi connectivity index (χ4v) is 2.16. The van der Waals surface area contributed by atoms with E-state index in [0.717, 1.165) is 24.8 Å². The Morgan fingerprint density at radius 3 is 3.06 bits per heavy atom. The Hall–Kier alpha value is -1.42. The third kappa shape index (κ3) is 3.07. The van der Waals surface area contributed by atoms with Crippen molar-refractivity contribution in [2.75, 3.05) is 6.61 Å². The van der Waals surface area contributed by atoms with Gasteiger partial charge in [-0.2, -0.15) is 0 Å². The topological polar surface area (TPSA) is 48.4 Å². The van der Waals surface area contributed by atoms with Gasteiger partial charge in [0.25, 0.3) is 0 Å². The summed E-state index contributed by atoms with van der Waals surface area (Å²) in [6, 6.07) is 1.71. The van der Waals surface area contributed by atoms with Crippen LogP contribution in [-0.4, -0.2) is 29.8 Å². The number of aromatic nitrogens is 1. The number of pyridine rings is 1. The molecule has 0 radical (unpaired) electrons. The summed E-state index contributed by atoms with van der Waals surface area (Å²) in [5.41, 5.74) is 1.53. The first kappa shape index (κ1) is 13.0. The maximum Gasteiger partial charge on any atom is 0.338 e. The van der Waals surface area contributed by atoms with Crippen LogP contribution in [0, 0.1) is 0 Å². The molecule has 0 N–H and O–H groups in total. The Kier molecular flexibility index (Phi) is 4.31. The van der Waals surface area contributed by atoms with Gasteiger partial charge in [-0.3, -0.25) is 4.98 Å². The van der Waals surface area contributed by atoms with Crippen molar-refractivity contribution in [1.29, 1.82) is 0 Å². The number of esters is 1. The summed E-state index contributed by atoms with van der Waals surface area (Å²) in [6.07, 6.45) is 6.43. The van der Waals surface area contributed by atoms with Gasteiger partial charge in [-0.05, 0) is 37.8 Å². The van der Waals surface area contributed by atoms with Crippen LogP contribution >= 0.6 is 0 Å². The fraction of sp³-hybridized carbons (Fsp3) is 0.571. The maximum absolute atomic E-state index is 12.0. The minimum Gasteiger partial charge on any atom is -0.459 e. The van der Waals surface area contributed by atoms with Gasteiger partial charge >= 0.3 is 5.97 Å². The van der Waals surface area contributed by atoms with Crippen molar-refractivity contribution < 1.29 is 14.3 Å². The van der Waals surface area contributed by atoms with Crippen LogP contribution in [0.3, 0.4) is 0 Å². The van der Waals surface area contributed by atoms with E-state index in [-0.39, 0.29) is 18.2 Å². The zero-order valence-electron chi connectivity index (χ0n) is 10.9. The van der Waals surface area contributed by atoms with E-state index in [2.05, 4.69) is 4.98 Å². The monoisotopic (exact) mass is 249 g/mol. The summed E-state index contributed by atoms with van der Waals surface area (Å²) in [6.45, 7) is 4.38. The van der Waals surface area contributed by atoms with Gasteiger partial charge in [-0.1, -0.05) is 6.92 Å². The van der Waals surface area contributed by atoms with E-state index in [4.69, 9.17) is 9.47 Å². The molecule has 1 aromatic heterocycles. The molecule has 1 saturated heterocycles. The molecule has 2 heterocycles.